The van der Waals surface area contributed by atoms with Crippen molar-refractivity contribution in [2.24, 2.45) is 0 Å². The Balaban J connectivity index is 1.89. The molecule has 0 aliphatic carbocycles. The van der Waals surface area contributed by atoms with Gasteiger partial charge < -0.3 is 10.2 Å². The van der Waals surface area contributed by atoms with Crippen molar-refractivity contribution in [2.75, 3.05) is 26.7 Å². The molecule has 2 saturated heterocycles. The monoisotopic (exact) mass is 292 g/mol. The van der Waals surface area contributed by atoms with Crippen LogP contribution in [-0.4, -0.2) is 60.5 Å². The standard InChI is InChI=1S/C16H28N4O/c1-3-8-20(12-16(21)19(2)9-4-7-17)15-10-13-5-6-14(11-15)18-13/h13-15,18H,3-6,8-12H2,1-2H3. The van der Waals surface area contributed by atoms with Gasteiger partial charge in [0.1, 0.15) is 0 Å². The average molecular weight is 292 g/mol. The molecule has 2 bridgehead atoms. The zero-order chi connectivity index (χ0) is 15.2. The van der Waals surface area contributed by atoms with E-state index in [0.717, 1.165) is 13.0 Å². The second kappa shape index (κ2) is 7.77. The molecule has 2 atom stereocenters. The lowest BCUT2D eigenvalue weighted by Gasteiger charge is -2.38. The van der Waals surface area contributed by atoms with Crippen molar-refractivity contribution in [3.8, 4) is 6.07 Å². The number of nitrogens with zero attached hydrogens (tertiary/aromatic N) is 3. The van der Waals surface area contributed by atoms with E-state index in [1.165, 1.54) is 25.7 Å². The minimum Gasteiger partial charge on any atom is -0.344 e. The van der Waals surface area contributed by atoms with Gasteiger partial charge in [0.25, 0.3) is 0 Å². The highest BCUT2D eigenvalue weighted by Gasteiger charge is 2.36. The van der Waals surface area contributed by atoms with Gasteiger partial charge >= 0.3 is 0 Å². The number of piperidine rings is 1. The number of amides is 1. The van der Waals surface area contributed by atoms with E-state index < -0.39 is 0 Å². The van der Waals surface area contributed by atoms with E-state index in [0.29, 0.717) is 37.6 Å². The van der Waals surface area contributed by atoms with Gasteiger partial charge in [-0.15, -0.1) is 0 Å². The number of nitrogens with one attached hydrogen (secondary N) is 1. The van der Waals surface area contributed by atoms with E-state index in [9.17, 15) is 4.79 Å². The van der Waals surface area contributed by atoms with E-state index in [-0.39, 0.29) is 5.91 Å². The van der Waals surface area contributed by atoms with E-state index in [2.05, 4.69) is 23.2 Å². The van der Waals surface area contributed by atoms with Gasteiger partial charge in [-0.3, -0.25) is 9.69 Å². The number of carbonyl (C=O) groups is 1. The molecule has 0 aromatic rings. The average Bonchev–Trinajstić information content (AvgIpc) is 2.82. The molecule has 0 spiro atoms. The molecule has 118 valence electrons. The van der Waals surface area contributed by atoms with E-state index in [4.69, 9.17) is 5.26 Å². The lowest BCUT2D eigenvalue weighted by Crippen LogP contribution is -2.51. The van der Waals surface area contributed by atoms with Gasteiger partial charge in [0.2, 0.25) is 5.91 Å². The molecule has 0 radical (unpaired) electrons. The van der Waals surface area contributed by atoms with Crippen LogP contribution in [0.5, 0.6) is 0 Å². The van der Waals surface area contributed by atoms with E-state index in [1.807, 2.05) is 0 Å². The van der Waals surface area contributed by atoms with Crippen molar-refractivity contribution in [3.63, 3.8) is 0 Å². The van der Waals surface area contributed by atoms with Crippen LogP contribution < -0.4 is 5.32 Å². The number of hydrogen-bond donors (Lipinski definition) is 1. The predicted octanol–water partition coefficient (Wildman–Crippen LogP) is 1.35. The highest BCUT2D eigenvalue weighted by molar-refractivity contribution is 5.78. The van der Waals surface area contributed by atoms with Gasteiger partial charge in [-0.2, -0.15) is 5.26 Å². The lowest BCUT2D eigenvalue weighted by atomic mass is 9.98. The zero-order valence-electron chi connectivity index (χ0n) is 13.3. The Kier molecular flexibility index (Phi) is 6.01. The number of rotatable bonds is 7. The van der Waals surface area contributed by atoms with Crippen molar-refractivity contribution in [3.05, 3.63) is 0 Å². The summed E-state index contributed by atoms with van der Waals surface area (Å²) in [6.07, 6.45) is 6.41. The molecule has 5 heteroatoms. The summed E-state index contributed by atoms with van der Waals surface area (Å²) < 4.78 is 0. The number of fused-ring (bicyclic) bond motifs is 2. The SMILES string of the molecule is CCCN(CC(=O)N(C)CCC#N)C1CC2CCC(C1)N2. The number of nitriles is 1. The lowest BCUT2D eigenvalue weighted by molar-refractivity contribution is -0.131. The Hall–Kier alpha value is -1.12. The van der Waals surface area contributed by atoms with Crippen molar-refractivity contribution in [1.82, 2.24) is 15.1 Å². The number of hydrogen-bond acceptors (Lipinski definition) is 4. The molecule has 2 aliphatic rings. The Morgan fingerprint density at radius 1 is 1.29 bits per heavy atom. The maximum absolute atomic E-state index is 12.3. The zero-order valence-corrected chi connectivity index (χ0v) is 13.3. The summed E-state index contributed by atoms with van der Waals surface area (Å²) >= 11 is 0. The molecule has 2 fully saturated rings. The maximum Gasteiger partial charge on any atom is 0.236 e. The van der Waals surface area contributed by atoms with Gasteiger partial charge in [0.15, 0.2) is 0 Å². The molecule has 1 amide bonds. The number of likely N-dealkylation sites (N-methyl/N-ethyl adjacent to an activating group) is 1. The van der Waals surface area contributed by atoms with Crippen LogP contribution in [0.1, 0.15) is 45.4 Å². The fraction of sp³-hybridized carbons (Fsp3) is 0.875. The van der Waals surface area contributed by atoms with Crippen LogP contribution in [-0.2, 0) is 4.79 Å². The summed E-state index contributed by atoms with van der Waals surface area (Å²) in [4.78, 5) is 16.4. The minimum atomic E-state index is 0.143. The highest BCUT2D eigenvalue weighted by atomic mass is 16.2. The maximum atomic E-state index is 12.3. The summed E-state index contributed by atoms with van der Waals surface area (Å²) in [7, 11) is 1.80. The first-order valence-corrected chi connectivity index (χ1v) is 8.25. The van der Waals surface area contributed by atoms with Crippen molar-refractivity contribution < 1.29 is 4.79 Å². The Morgan fingerprint density at radius 2 is 1.95 bits per heavy atom. The molecule has 5 nitrogen and oxygen atoms in total. The molecule has 0 saturated carbocycles. The fourth-order valence-corrected chi connectivity index (χ4v) is 3.64. The van der Waals surface area contributed by atoms with Gasteiger partial charge in [0.05, 0.1) is 19.0 Å². The molecule has 2 unspecified atom stereocenters. The van der Waals surface area contributed by atoms with Crippen LogP contribution in [0.3, 0.4) is 0 Å². The summed E-state index contributed by atoms with van der Waals surface area (Å²) in [6, 6.07) is 3.94. The van der Waals surface area contributed by atoms with E-state index in [1.54, 1.807) is 11.9 Å². The van der Waals surface area contributed by atoms with Crippen LogP contribution in [0.4, 0.5) is 0 Å². The van der Waals surface area contributed by atoms with Gasteiger partial charge in [-0.25, -0.2) is 0 Å². The fourth-order valence-electron chi connectivity index (χ4n) is 3.64. The number of carbonyl (C=O) groups excluding carboxylic acids is 1. The largest absolute Gasteiger partial charge is 0.344 e. The highest BCUT2D eigenvalue weighted by Crippen LogP contribution is 2.29. The van der Waals surface area contributed by atoms with Crippen LogP contribution in [0, 0.1) is 11.3 Å². The van der Waals surface area contributed by atoms with Crippen molar-refractivity contribution >= 4 is 5.91 Å². The molecule has 2 rings (SSSR count). The second-order valence-electron chi connectivity index (χ2n) is 6.46. The van der Waals surface area contributed by atoms with Gasteiger partial charge in [-0.05, 0) is 38.6 Å². The third-order valence-electron chi connectivity index (χ3n) is 4.80. The Bertz CT molecular complexity index is 380. The van der Waals surface area contributed by atoms with Crippen LogP contribution in [0.15, 0.2) is 0 Å². The molecule has 2 heterocycles. The van der Waals surface area contributed by atoms with Gasteiger partial charge in [-0.1, -0.05) is 6.92 Å². The third kappa shape index (κ3) is 4.42. The molecule has 2 aliphatic heterocycles. The topological polar surface area (TPSA) is 59.4 Å². The molecule has 0 aromatic carbocycles. The first kappa shape index (κ1) is 16.3. The Labute approximate surface area is 128 Å². The molecule has 0 aromatic heterocycles. The second-order valence-corrected chi connectivity index (χ2v) is 6.46. The van der Waals surface area contributed by atoms with Crippen LogP contribution in [0.25, 0.3) is 0 Å². The first-order valence-electron chi connectivity index (χ1n) is 8.25. The van der Waals surface area contributed by atoms with Crippen LogP contribution >= 0.6 is 0 Å². The minimum absolute atomic E-state index is 0.143. The normalized spacial score (nSPS) is 27.6. The summed E-state index contributed by atoms with van der Waals surface area (Å²) in [5.74, 6) is 0.143. The Morgan fingerprint density at radius 3 is 2.52 bits per heavy atom. The summed E-state index contributed by atoms with van der Waals surface area (Å²) in [5.41, 5.74) is 0. The first-order chi connectivity index (χ1) is 10.1. The quantitative estimate of drug-likeness (QED) is 0.769. The molecular formula is C16H28N4O. The molecular weight excluding hydrogens is 264 g/mol. The summed E-state index contributed by atoms with van der Waals surface area (Å²) in [6.45, 7) is 4.20. The molecule has 1 N–H and O–H groups in total. The van der Waals surface area contributed by atoms with Crippen molar-refractivity contribution in [2.45, 2.75) is 63.6 Å². The third-order valence-corrected chi connectivity index (χ3v) is 4.80. The predicted molar refractivity (Wildman–Crippen MR) is 82.7 cm³/mol. The smallest absolute Gasteiger partial charge is 0.236 e. The summed E-state index contributed by atoms with van der Waals surface area (Å²) in [5, 5.41) is 12.3. The molecule has 21 heavy (non-hydrogen) atoms. The van der Waals surface area contributed by atoms with Crippen LogP contribution in [0.2, 0.25) is 0 Å². The van der Waals surface area contributed by atoms with Crippen molar-refractivity contribution in [1.29, 1.82) is 5.26 Å². The van der Waals surface area contributed by atoms with E-state index >= 15 is 0 Å². The van der Waals surface area contributed by atoms with Gasteiger partial charge in [0, 0.05) is 31.7 Å².